The molecule has 0 spiro atoms. The summed E-state index contributed by atoms with van der Waals surface area (Å²) in [6.45, 7) is 4.07. The second kappa shape index (κ2) is 11.3. The largest absolute Gasteiger partial charge is 0.490 e. The Morgan fingerprint density at radius 3 is 2.34 bits per heavy atom. The smallest absolute Gasteiger partial charge is 0.475 e. The number of benzene rings is 2. The molecule has 15 heteroatoms. The lowest BCUT2D eigenvalue weighted by molar-refractivity contribution is -0.192. The highest BCUT2D eigenvalue weighted by molar-refractivity contribution is 7.89. The van der Waals surface area contributed by atoms with Gasteiger partial charge in [-0.1, -0.05) is 30.3 Å². The number of aliphatic carboxylic acids is 1. The van der Waals surface area contributed by atoms with Gasteiger partial charge < -0.3 is 10.4 Å². The zero-order chi connectivity index (χ0) is 28.3. The minimum atomic E-state index is -5.08. The second-order valence-electron chi connectivity index (χ2n) is 8.85. The fraction of sp³-hybridized carbons (Fsp3) is 0.304. The number of hydrogen-bond acceptors (Lipinski definition) is 7. The van der Waals surface area contributed by atoms with Crippen LogP contribution < -0.4 is 10.5 Å². The van der Waals surface area contributed by atoms with Gasteiger partial charge in [0.05, 0.1) is 16.7 Å². The second-order valence-corrected chi connectivity index (χ2v) is 11.1. The normalized spacial score (nSPS) is 15.2. The minimum Gasteiger partial charge on any atom is -0.475 e. The first-order chi connectivity index (χ1) is 17.6. The number of aromatic nitrogens is 1. The molecule has 1 aromatic heterocycles. The van der Waals surface area contributed by atoms with Crippen LogP contribution in [0.4, 0.5) is 27.6 Å². The number of nitrogens with one attached hydrogen (secondary N) is 1. The summed E-state index contributed by atoms with van der Waals surface area (Å²) >= 11 is 1.34. The molecular weight excluding hydrogens is 555 g/mol. The molecule has 0 radical (unpaired) electrons. The first-order valence-corrected chi connectivity index (χ1v) is 13.3. The van der Waals surface area contributed by atoms with E-state index in [0.29, 0.717) is 18.8 Å². The van der Waals surface area contributed by atoms with Crippen LogP contribution >= 0.6 is 11.3 Å². The molecule has 3 aromatic rings. The number of carbonyl (C=O) groups is 1. The Kier molecular flexibility index (Phi) is 8.75. The van der Waals surface area contributed by atoms with Gasteiger partial charge in [0.1, 0.15) is 5.82 Å². The van der Waals surface area contributed by atoms with Crippen molar-refractivity contribution in [2.45, 2.75) is 36.5 Å². The van der Waals surface area contributed by atoms with E-state index >= 15 is 4.39 Å². The van der Waals surface area contributed by atoms with Crippen molar-refractivity contribution in [3.05, 3.63) is 75.7 Å². The number of sulfonamides is 1. The summed E-state index contributed by atoms with van der Waals surface area (Å²) in [4.78, 5) is 14.1. The molecule has 1 aliphatic heterocycles. The number of likely N-dealkylation sites (tertiary alicyclic amines) is 1. The first kappa shape index (κ1) is 29.4. The zero-order valence-electron chi connectivity index (χ0n) is 19.8. The van der Waals surface area contributed by atoms with Crippen molar-refractivity contribution in [3.8, 4) is 0 Å². The van der Waals surface area contributed by atoms with E-state index in [9.17, 15) is 26.0 Å². The average molecular weight is 579 g/mol. The lowest BCUT2D eigenvalue weighted by atomic mass is 9.90. The van der Waals surface area contributed by atoms with Crippen molar-refractivity contribution in [3.63, 3.8) is 0 Å². The topological polar surface area (TPSA) is 126 Å². The number of carboxylic acids is 1. The number of anilines is 1. The highest BCUT2D eigenvalue weighted by atomic mass is 32.2. The molecule has 0 unspecified atom stereocenters. The molecule has 206 valence electrons. The Balaban J connectivity index is 0.000000505. The maximum absolute atomic E-state index is 15.2. The van der Waals surface area contributed by atoms with Gasteiger partial charge in [0.2, 0.25) is 10.0 Å². The number of thiazole rings is 1. The molecule has 1 aliphatic rings. The van der Waals surface area contributed by atoms with Crippen LogP contribution in [0.15, 0.2) is 52.2 Å². The summed E-state index contributed by atoms with van der Waals surface area (Å²) in [7, 11) is -4.56. The molecule has 1 fully saturated rings. The van der Waals surface area contributed by atoms with Gasteiger partial charge in [0.15, 0.2) is 10.7 Å². The fourth-order valence-electron chi connectivity index (χ4n) is 3.99. The first-order valence-electron chi connectivity index (χ1n) is 10.8. The van der Waals surface area contributed by atoms with E-state index in [1.165, 1.54) is 16.9 Å². The Morgan fingerprint density at radius 1 is 1.24 bits per heavy atom. The molecule has 4 N–H and O–H groups in total. The third-order valence-electron chi connectivity index (χ3n) is 5.48. The summed E-state index contributed by atoms with van der Waals surface area (Å²) in [6, 6.07) is 11.0. The van der Waals surface area contributed by atoms with E-state index in [1.54, 1.807) is 10.9 Å². The number of rotatable bonds is 7. The van der Waals surface area contributed by atoms with Crippen LogP contribution in [-0.2, 0) is 27.8 Å². The van der Waals surface area contributed by atoms with Gasteiger partial charge in [-0.2, -0.15) is 13.2 Å². The summed E-state index contributed by atoms with van der Waals surface area (Å²) in [5.74, 6) is -5.15. The summed E-state index contributed by atoms with van der Waals surface area (Å²) < 4.78 is 85.0. The van der Waals surface area contributed by atoms with Gasteiger partial charge in [-0.25, -0.2) is 32.1 Å². The summed E-state index contributed by atoms with van der Waals surface area (Å²) in [5, 5.41) is 17.1. The Morgan fingerprint density at radius 2 is 1.84 bits per heavy atom. The van der Waals surface area contributed by atoms with Crippen LogP contribution in [-0.4, -0.2) is 54.2 Å². The van der Waals surface area contributed by atoms with Crippen molar-refractivity contribution < 1.29 is 40.3 Å². The van der Waals surface area contributed by atoms with Crippen molar-refractivity contribution >= 4 is 33.0 Å². The number of nitrogens with zero attached hydrogens (tertiary/aromatic N) is 2. The third kappa shape index (κ3) is 7.46. The van der Waals surface area contributed by atoms with E-state index in [2.05, 4.69) is 15.2 Å². The Hall–Kier alpha value is -3.14. The third-order valence-corrected chi connectivity index (χ3v) is 7.05. The van der Waals surface area contributed by atoms with Crippen LogP contribution in [0.2, 0.25) is 0 Å². The van der Waals surface area contributed by atoms with E-state index in [-0.39, 0.29) is 17.7 Å². The lowest BCUT2D eigenvalue weighted by Gasteiger charge is -2.49. The molecule has 4 rings (SSSR count). The number of nitrogens with two attached hydrogens (primary N) is 1. The van der Waals surface area contributed by atoms with Crippen molar-refractivity contribution in [1.82, 2.24) is 9.88 Å². The van der Waals surface area contributed by atoms with Crippen molar-refractivity contribution in [1.29, 1.82) is 0 Å². The minimum absolute atomic E-state index is 0.0181. The van der Waals surface area contributed by atoms with Gasteiger partial charge in [-0.15, -0.1) is 11.3 Å². The molecule has 1 saturated heterocycles. The van der Waals surface area contributed by atoms with Crippen LogP contribution in [0.5, 0.6) is 0 Å². The number of alkyl halides is 3. The standard InChI is InChI=1S/C21H22F2N4O2S2.C2HF3O2/c1-21(11-27(12-21)9-14-5-3-2-4-6-14)26-18-8-17(22)20(31(24,28)29)19(23)16(18)7-15-10-30-13-25-15;3-2(4,5)1(6)7/h2-6,8,10,13,26H,7,9,11-12H2,1H3,(H2,24,28,29);(H,6,7). The number of primary sulfonamides is 1. The molecule has 2 heterocycles. The molecule has 0 saturated carbocycles. The average Bonchev–Trinajstić information content (AvgIpc) is 3.28. The summed E-state index contributed by atoms with van der Waals surface area (Å²) in [5.41, 5.74) is 3.15. The lowest BCUT2D eigenvalue weighted by Crippen LogP contribution is -2.63. The van der Waals surface area contributed by atoms with Gasteiger partial charge in [-0.3, -0.25) is 4.90 Å². The van der Waals surface area contributed by atoms with Gasteiger partial charge in [0.25, 0.3) is 0 Å². The molecule has 0 atom stereocenters. The monoisotopic (exact) mass is 578 g/mol. The van der Waals surface area contributed by atoms with E-state index < -0.39 is 44.2 Å². The van der Waals surface area contributed by atoms with Crippen LogP contribution in [0, 0.1) is 11.6 Å². The Bertz CT molecular complexity index is 1380. The number of carboxylic acid groups (broad SMARTS) is 1. The maximum atomic E-state index is 15.2. The Labute approximate surface area is 219 Å². The van der Waals surface area contributed by atoms with Gasteiger partial charge in [-0.05, 0) is 18.6 Å². The number of halogens is 5. The van der Waals surface area contributed by atoms with Crippen molar-refractivity contribution in [2.24, 2.45) is 5.14 Å². The predicted octanol–water partition coefficient (Wildman–Crippen LogP) is 3.98. The molecular formula is C23H23F5N4O4S2. The molecule has 38 heavy (non-hydrogen) atoms. The van der Waals surface area contributed by atoms with E-state index in [0.717, 1.165) is 12.6 Å². The van der Waals surface area contributed by atoms with Crippen molar-refractivity contribution in [2.75, 3.05) is 18.4 Å². The SMILES string of the molecule is CC1(Nc2cc(F)c(S(N)(=O)=O)c(F)c2Cc2cscn2)CN(Cc2ccccc2)C1.O=C(O)C(F)(F)F. The molecule has 0 aliphatic carbocycles. The maximum Gasteiger partial charge on any atom is 0.490 e. The summed E-state index contributed by atoms with van der Waals surface area (Å²) in [6.07, 6.45) is -5.07. The highest BCUT2D eigenvalue weighted by Crippen LogP contribution is 2.34. The predicted molar refractivity (Wildman–Crippen MR) is 130 cm³/mol. The van der Waals surface area contributed by atoms with Crippen LogP contribution in [0.1, 0.15) is 23.7 Å². The molecule has 0 bridgehead atoms. The number of hydrogen-bond donors (Lipinski definition) is 3. The van der Waals surface area contributed by atoms with Gasteiger partial charge in [0, 0.05) is 42.7 Å². The van der Waals surface area contributed by atoms with Crippen LogP contribution in [0.25, 0.3) is 0 Å². The molecule has 0 amide bonds. The highest BCUT2D eigenvalue weighted by Gasteiger charge is 2.40. The molecule has 8 nitrogen and oxygen atoms in total. The zero-order valence-corrected chi connectivity index (χ0v) is 21.4. The quantitative estimate of drug-likeness (QED) is 0.362. The van der Waals surface area contributed by atoms with Crippen LogP contribution in [0.3, 0.4) is 0 Å². The van der Waals surface area contributed by atoms with Gasteiger partial charge >= 0.3 is 12.1 Å². The fourth-order valence-corrected chi connectivity index (χ4v) is 5.25. The van der Waals surface area contributed by atoms with E-state index in [1.807, 2.05) is 37.3 Å². The van der Waals surface area contributed by atoms with E-state index in [4.69, 9.17) is 15.0 Å². The molecule has 2 aromatic carbocycles.